The topological polar surface area (TPSA) is 70.9 Å². The van der Waals surface area contributed by atoms with Crippen LogP contribution in [0.25, 0.3) is 0 Å². The molecule has 2 aromatic carbocycles. The lowest BCUT2D eigenvalue weighted by Gasteiger charge is -2.10. The smallest absolute Gasteiger partial charge is 0.262 e. The van der Waals surface area contributed by atoms with Crippen LogP contribution in [0.2, 0.25) is 0 Å². The van der Waals surface area contributed by atoms with E-state index in [2.05, 4.69) is 10.5 Å². The molecule has 0 aliphatic rings. The zero-order chi connectivity index (χ0) is 15.9. The molecule has 0 unspecified atom stereocenters. The Balaban J connectivity index is 1.95. The first-order chi connectivity index (χ1) is 10.6. The monoisotopic (exact) mass is 298 g/mol. The van der Waals surface area contributed by atoms with Crippen LogP contribution in [-0.2, 0) is 4.79 Å². The number of aryl methyl sites for hydroxylation is 2. The van der Waals surface area contributed by atoms with E-state index in [0.717, 1.165) is 16.8 Å². The second-order valence-electron chi connectivity index (χ2n) is 4.97. The highest BCUT2D eigenvalue weighted by Crippen LogP contribution is 2.16. The second kappa shape index (κ2) is 7.26. The van der Waals surface area contributed by atoms with Gasteiger partial charge in [0.1, 0.15) is 5.75 Å². The first-order valence-corrected chi connectivity index (χ1v) is 6.86. The largest absolute Gasteiger partial charge is 0.484 e. The van der Waals surface area contributed by atoms with Gasteiger partial charge in [0.15, 0.2) is 6.61 Å². The summed E-state index contributed by atoms with van der Waals surface area (Å²) in [6.45, 7) is 3.82. The van der Waals surface area contributed by atoms with Gasteiger partial charge in [0.25, 0.3) is 5.91 Å². The first-order valence-electron chi connectivity index (χ1n) is 6.86. The summed E-state index contributed by atoms with van der Waals surface area (Å²) in [6.07, 6.45) is 1.29. The zero-order valence-corrected chi connectivity index (χ0v) is 12.5. The third-order valence-corrected chi connectivity index (χ3v) is 3.10. The van der Waals surface area contributed by atoms with Gasteiger partial charge in [0.2, 0.25) is 0 Å². The quantitative estimate of drug-likeness (QED) is 0.506. The molecule has 2 rings (SSSR count). The predicted octanol–water partition coefficient (Wildman–Crippen LogP) is 3.13. The molecule has 114 valence electrons. The molecule has 0 saturated heterocycles. The van der Waals surface area contributed by atoms with Crippen molar-refractivity contribution in [3.63, 3.8) is 0 Å². The molecule has 0 saturated carbocycles. The predicted molar refractivity (Wildman–Crippen MR) is 85.9 cm³/mol. The first kappa shape index (κ1) is 15.6. The van der Waals surface area contributed by atoms with Gasteiger partial charge >= 0.3 is 0 Å². The van der Waals surface area contributed by atoms with Crippen molar-refractivity contribution in [1.82, 2.24) is 0 Å². The van der Waals surface area contributed by atoms with Crippen molar-refractivity contribution in [2.75, 3.05) is 11.9 Å². The number of carbonyl (C=O) groups is 1. The standard InChI is InChI=1S/C17H18N2O3/c1-12-6-7-13(2)16(8-12)19-17(20)11-22-15-5-3-4-14(9-15)10-18-21/h3-10,21H,11H2,1-2H3,(H,19,20)/b18-10+. The van der Waals surface area contributed by atoms with E-state index in [-0.39, 0.29) is 12.5 Å². The fourth-order valence-corrected chi connectivity index (χ4v) is 1.96. The number of carbonyl (C=O) groups excluding carboxylic acids is 1. The molecular formula is C17H18N2O3. The van der Waals surface area contributed by atoms with Crippen LogP contribution >= 0.6 is 0 Å². The molecule has 22 heavy (non-hydrogen) atoms. The molecule has 2 aromatic rings. The maximum absolute atomic E-state index is 12.0. The van der Waals surface area contributed by atoms with Crippen LogP contribution in [0.15, 0.2) is 47.6 Å². The number of rotatable bonds is 5. The normalized spacial score (nSPS) is 10.6. The Morgan fingerprint density at radius 1 is 1.27 bits per heavy atom. The third kappa shape index (κ3) is 4.34. The lowest BCUT2D eigenvalue weighted by atomic mass is 10.1. The number of ether oxygens (including phenoxy) is 1. The summed E-state index contributed by atoms with van der Waals surface area (Å²) in [6, 6.07) is 12.8. The molecule has 2 N–H and O–H groups in total. The van der Waals surface area contributed by atoms with E-state index in [4.69, 9.17) is 9.94 Å². The number of nitrogens with zero attached hydrogens (tertiary/aromatic N) is 1. The van der Waals surface area contributed by atoms with Gasteiger partial charge in [-0.2, -0.15) is 0 Å². The van der Waals surface area contributed by atoms with E-state index in [9.17, 15) is 4.79 Å². The van der Waals surface area contributed by atoms with Crippen molar-refractivity contribution in [2.45, 2.75) is 13.8 Å². The van der Waals surface area contributed by atoms with Crippen LogP contribution in [0.4, 0.5) is 5.69 Å². The minimum atomic E-state index is -0.227. The Morgan fingerprint density at radius 2 is 2.09 bits per heavy atom. The molecular weight excluding hydrogens is 280 g/mol. The van der Waals surface area contributed by atoms with Gasteiger partial charge in [0.05, 0.1) is 6.21 Å². The molecule has 5 heteroatoms. The molecule has 1 amide bonds. The van der Waals surface area contributed by atoms with E-state index in [0.29, 0.717) is 11.3 Å². The fraction of sp³-hybridized carbons (Fsp3) is 0.176. The van der Waals surface area contributed by atoms with Crippen molar-refractivity contribution in [1.29, 1.82) is 0 Å². The highest BCUT2D eigenvalue weighted by atomic mass is 16.5. The van der Waals surface area contributed by atoms with Crippen molar-refractivity contribution in [3.8, 4) is 5.75 Å². The van der Waals surface area contributed by atoms with Crippen LogP contribution in [0.5, 0.6) is 5.75 Å². The van der Waals surface area contributed by atoms with E-state index < -0.39 is 0 Å². The molecule has 0 aliphatic heterocycles. The SMILES string of the molecule is Cc1ccc(C)c(NC(=O)COc2cccc(/C=N/O)c2)c1. The van der Waals surface area contributed by atoms with Gasteiger partial charge in [-0.15, -0.1) is 0 Å². The molecule has 0 heterocycles. The summed E-state index contributed by atoms with van der Waals surface area (Å²) in [5, 5.41) is 14.3. The van der Waals surface area contributed by atoms with Gasteiger partial charge < -0.3 is 15.3 Å². The van der Waals surface area contributed by atoms with Gasteiger partial charge in [-0.1, -0.05) is 29.4 Å². The van der Waals surface area contributed by atoms with E-state index in [1.54, 1.807) is 24.3 Å². The molecule has 0 spiro atoms. The van der Waals surface area contributed by atoms with Crippen molar-refractivity contribution in [3.05, 3.63) is 59.2 Å². The Morgan fingerprint density at radius 3 is 2.86 bits per heavy atom. The Bertz CT molecular complexity index is 696. The van der Waals surface area contributed by atoms with Crippen LogP contribution in [-0.4, -0.2) is 23.9 Å². The lowest BCUT2D eigenvalue weighted by molar-refractivity contribution is -0.118. The highest BCUT2D eigenvalue weighted by molar-refractivity contribution is 5.92. The van der Waals surface area contributed by atoms with Crippen LogP contribution in [0.1, 0.15) is 16.7 Å². The summed E-state index contributed by atoms with van der Waals surface area (Å²) in [5.74, 6) is 0.309. The van der Waals surface area contributed by atoms with E-state index in [1.807, 2.05) is 32.0 Å². The van der Waals surface area contributed by atoms with Gasteiger partial charge in [-0.3, -0.25) is 4.79 Å². The number of amides is 1. The summed E-state index contributed by atoms with van der Waals surface area (Å²) in [7, 11) is 0. The maximum Gasteiger partial charge on any atom is 0.262 e. The minimum absolute atomic E-state index is 0.0902. The average Bonchev–Trinajstić information content (AvgIpc) is 2.50. The fourth-order valence-electron chi connectivity index (χ4n) is 1.96. The zero-order valence-electron chi connectivity index (χ0n) is 12.5. The third-order valence-electron chi connectivity index (χ3n) is 3.10. The van der Waals surface area contributed by atoms with Crippen molar-refractivity contribution >= 4 is 17.8 Å². The molecule has 0 aliphatic carbocycles. The molecule has 5 nitrogen and oxygen atoms in total. The second-order valence-corrected chi connectivity index (χ2v) is 4.97. The van der Waals surface area contributed by atoms with Gasteiger partial charge in [0, 0.05) is 5.69 Å². The Kier molecular flexibility index (Phi) is 5.14. The highest BCUT2D eigenvalue weighted by Gasteiger charge is 2.06. The number of oxime groups is 1. The Labute approximate surface area is 129 Å². The van der Waals surface area contributed by atoms with Crippen LogP contribution < -0.4 is 10.1 Å². The number of benzene rings is 2. The minimum Gasteiger partial charge on any atom is -0.484 e. The van der Waals surface area contributed by atoms with Gasteiger partial charge in [-0.05, 0) is 48.7 Å². The van der Waals surface area contributed by atoms with Crippen molar-refractivity contribution in [2.24, 2.45) is 5.16 Å². The van der Waals surface area contributed by atoms with Gasteiger partial charge in [-0.25, -0.2) is 0 Å². The summed E-state index contributed by atoms with van der Waals surface area (Å²) in [5.41, 5.74) is 3.56. The summed E-state index contributed by atoms with van der Waals surface area (Å²) >= 11 is 0. The molecule has 0 bridgehead atoms. The molecule has 0 aromatic heterocycles. The number of hydrogen-bond acceptors (Lipinski definition) is 4. The molecule has 0 fully saturated rings. The van der Waals surface area contributed by atoms with E-state index >= 15 is 0 Å². The molecule has 0 radical (unpaired) electrons. The van der Waals surface area contributed by atoms with E-state index in [1.165, 1.54) is 6.21 Å². The van der Waals surface area contributed by atoms with Crippen LogP contribution in [0.3, 0.4) is 0 Å². The Hall–Kier alpha value is -2.82. The van der Waals surface area contributed by atoms with Crippen molar-refractivity contribution < 1.29 is 14.7 Å². The molecule has 0 atom stereocenters. The number of anilines is 1. The number of nitrogens with one attached hydrogen (secondary N) is 1. The average molecular weight is 298 g/mol. The summed E-state index contributed by atoms with van der Waals surface area (Å²) < 4.78 is 5.44. The number of hydrogen-bond donors (Lipinski definition) is 2. The van der Waals surface area contributed by atoms with Crippen LogP contribution in [0, 0.1) is 13.8 Å². The lowest BCUT2D eigenvalue weighted by Crippen LogP contribution is -2.20. The maximum atomic E-state index is 12.0. The summed E-state index contributed by atoms with van der Waals surface area (Å²) in [4.78, 5) is 12.0.